The number of amides is 2. The highest BCUT2D eigenvalue weighted by atomic mass is 32.2. The topological polar surface area (TPSA) is 82.0 Å². The van der Waals surface area contributed by atoms with E-state index < -0.39 is 5.25 Å². The van der Waals surface area contributed by atoms with E-state index in [0.717, 1.165) is 39.4 Å². The van der Waals surface area contributed by atoms with Crippen molar-refractivity contribution in [3.8, 4) is 17.2 Å². The third-order valence-electron chi connectivity index (χ3n) is 5.33. The number of benzene rings is 2. The van der Waals surface area contributed by atoms with Crippen molar-refractivity contribution in [2.75, 3.05) is 10.6 Å². The van der Waals surface area contributed by atoms with E-state index in [1.807, 2.05) is 42.5 Å². The molecule has 1 aliphatic carbocycles. The molecule has 0 radical (unpaired) electrons. The average molecular weight is 432 g/mol. The first-order valence-electron chi connectivity index (χ1n) is 9.64. The number of hydrogen-bond donors (Lipinski definition) is 2. The Morgan fingerprint density at radius 1 is 1.17 bits per heavy atom. The predicted molar refractivity (Wildman–Crippen MR) is 120 cm³/mol. The smallest absolute Gasteiger partial charge is 0.238 e. The summed E-state index contributed by atoms with van der Waals surface area (Å²) < 4.78 is 0. The first kappa shape index (κ1) is 18.9. The number of rotatable bonds is 3. The molecule has 1 atom stereocenters. The molecule has 0 saturated heterocycles. The highest BCUT2D eigenvalue weighted by molar-refractivity contribution is 8.01. The van der Waals surface area contributed by atoms with E-state index in [-0.39, 0.29) is 18.2 Å². The van der Waals surface area contributed by atoms with Crippen molar-refractivity contribution in [2.24, 2.45) is 0 Å². The number of nitriles is 1. The van der Waals surface area contributed by atoms with Gasteiger partial charge in [0.05, 0.1) is 16.5 Å². The van der Waals surface area contributed by atoms with E-state index in [1.165, 1.54) is 28.7 Å². The number of hydrogen-bond acceptors (Lipinski definition) is 5. The number of carbonyl (C=O) groups excluding carboxylic acids is 2. The lowest BCUT2D eigenvalue weighted by atomic mass is 9.88. The number of thioether (sulfide) groups is 1. The summed E-state index contributed by atoms with van der Waals surface area (Å²) in [6.45, 7) is 0. The number of anilines is 2. The summed E-state index contributed by atoms with van der Waals surface area (Å²) in [5, 5.41) is 15.7. The summed E-state index contributed by atoms with van der Waals surface area (Å²) >= 11 is 2.87. The van der Waals surface area contributed by atoms with Gasteiger partial charge in [0.2, 0.25) is 11.8 Å². The molecule has 7 heteroatoms. The van der Waals surface area contributed by atoms with E-state index in [2.05, 4.69) is 22.8 Å². The second-order valence-corrected chi connectivity index (χ2v) is 9.57. The molecule has 0 spiro atoms. The molecule has 2 aromatic carbocycles. The Morgan fingerprint density at radius 3 is 2.83 bits per heavy atom. The summed E-state index contributed by atoms with van der Waals surface area (Å²) in [5.74, 6) is -0.431. The Kier molecular flexibility index (Phi) is 4.81. The van der Waals surface area contributed by atoms with Crippen LogP contribution in [0.1, 0.15) is 22.4 Å². The van der Waals surface area contributed by atoms with Crippen LogP contribution < -0.4 is 10.6 Å². The number of thiophene rings is 1. The van der Waals surface area contributed by atoms with E-state index >= 15 is 0 Å². The SMILES string of the molecule is N#Cc1c(NC(=O)CC2Sc3ccccc3NC2=O)sc2c1-c1ccccc1CC2. The third-order valence-corrected chi connectivity index (χ3v) is 7.77. The fraction of sp³-hybridized carbons (Fsp3) is 0.174. The van der Waals surface area contributed by atoms with Crippen molar-refractivity contribution < 1.29 is 9.59 Å². The van der Waals surface area contributed by atoms with Crippen molar-refractivity contribution >= 4 is 45.6 Å². The molecule has 1 aromatic heterocycles. The van der Waals surface area contributed by atoms with Gasteiger partial charge in [0.25, 0.3) is 0 Å². The number of aryl methyl sites for hydroxylation is 2. The van der Waals surface area contributed by atoms with Gasteiger partial charge in [-0.05, 0) is 36.1 Å². The second-order valence-electron chi connectivity index (χ2n) is 7.22. The molecule has 2 aliphatic rings. The Labute approximate surface area is 182 Å². The highest BCUT2D eigenvalue weighted by Gasteiger charge is 2.30. The van der Waals surface area contributed by atoms with E-state index in [4.69, 9.17) is 0 Å². The zero-order chi connectivity index (χ0) is 20.7. The van der Waals surface area contributed by atoms with Gasteiger partial charge in [0, 0.05) is 21.8 Å². The molecule has 148 valence electrons. The maximum Gasteiger partial charge on any atom is 0.238 e. The van der Waals surface area contributed by atoms with Gasteiger partial charge in [0.15, 0.2) is 0 Å². The normalized spacial score (nSPS) is 16.5. The molecule has 2 amide bonds. The Balaban J connectivity index is 1.37. The Morgan fingerprint density at radius 2 is 1.97 bits per heavy atom. The zero-order valence-electron chi connectivity index (χ0n) is 15.9. The fourth-order valence-electron chi connectivity index (χ4n) is 3.94. The number of para-hydroxylation sites is 1. The molecule has 1 aliphatic heterocycles. The molecule has 5 nitrogen and oxygen atoms in total. The molecule has 0 saturated carbocycles. The summed E-state index contributed by atoms with van der Waals surface area (Å²) in [6.07, 6.45) is 1.84. The van der Waals surface area contributed by atoms with Gasteiger partial charge < -0.3 is 10.6 Å². The van der Waals surface area contributed by atoms with E-state index in [9.17, 15) is 14.9 Å². The molecule has 3 aromatic rings. The predicted octanol–water partition coefficient (Wildman–Crippen LogP) is 4.83. The van der Waals surface area contributed by atoms with Gasteiger partial charge in [-0.2, -0.15) is 5.26 Å². The van der Waals surface area contributed by atoms with Gasteiger partial charge in [0.1, 0.15) is 11.1 Å². The third kappa shape index (κ3) is 3.28. The maximum atomic E-state index is 12.8. The molecule has 2 heterocycles. The average Bonchev–Trinajstić information content (AvgIpc) is 3.11. The monoisotopic (exact) mass is 431 g/mol. The standard InChI is InChI=1S/C23H17N3O2S2/c24-12-15-21-14-6-2-1-5-13(14)9-10-18(21)30-23(15)26-20(27)11-19-22(28)25-16-7-3-4-8-17(16)29-19/h1-8,19H,9-11H2,(H,25,28)(H,26,27). The molecular weight excluding hydrogens is 414 g/mol. The first-order valence-corrected chi connectivity index (χ1v) is 11.3. The lowest BCUT2D eigenvalue weighted by Crippen LogP contribution is -2.32. The largest absolute Gasteiger partial charge is 0.324 e. The van der Waals surface area contributed by atoms with Crippen molar-refractivity contribution in [1.82, 2.24) is 0 Å². The minimum atomic E-state index is -0.499. The number of fused-ring (bicyclic) bond motifs is 4. The highest BCUT2D eigenvalue weighted by Crippen LogP contribution is 2.45. The second kappa shape index (κ2) is 7.63. The van der Waals surface area contributed by atoms with Gasteiger partial charge in [-0.3, -0.25) is 9.59 Å². The van der Waals surface area contributed by atoms with Crippen molar-refractivity contribution in [2.45, 2.75) is 29.4 Å². The number of nitrogens with one attached hydrogen (secondary N) is 2. The zero-order valence-corrected chi connectivity index (χ0v) is 17.5. The molecule has 30 heavy (non-hydrogen) atoms. The van der Waals surface area contributed by atoms with Gasteiger partial charge >= 0.3 is 0 Å². The number of carbonyl (C=O) groups is 2. The molecule has 0 bridgehead atoms. The van der Waals surface area contributed by atoms with Crippen LogP contribution in [0, 0.1) is 11.3 Å². The maximum absolute atomic E-state index is 12.8. The first-order chi connectivity index (χ1) is 14.6. The molecule has 5 rings (SSSR count). The van der Waals surface area contributed by atoms with Gasteiger partial charge in [-0.15, -0.1) is 23.1 Å². The van der Waals surface area contributed by atoms with Crippen LogP contribution in [-0.4, -0.2) is 17.1 Å². The molecule has 2 N–H and O–H groups in total. The van der Waals surface area contributed by atoms with Crippen LogP contribution >= 0.6 is 23.1 Å². The van der Waals surface area contributed by atoms with Gasteiger partial charge in [-0.1, -0.05) is 36.4 Å². The minimum Gasteiger partial charge on any atom is -0.324 e. The van der Waals surface area contributed by atoms with Crippen LogP contribution in [0.2, 0.25) is 0 Å². The van der Waals surface area contributed by atoms with Crippen LogP contribution in [0.15, 0.2) is 53.4 Å². The lowest BCUT2D eigenvalue weighted by Gasteiger charge is -2.23. The van der Waals surface area contributed by atoms with Gasteiger partial charge in [-0.25, -0.2) is 0 Å². The fourth-order valence-corrected chi connectivity index (χ4v) is 6.23. The van der Waals surface area contributed by atoms with Crippen molar-refractivity contribution in [3.05, 3.63) is 64.5 Å². The van der Waals surface area contributed by atoms with E-state index in [0.29, 0.717) is 10.6 Å². The quantitative estimate of drug-likeness (QED) is 0.622. The van der Waals surface area contributed by atoms with Crippen LogP contribution in [0.5, 0.6) is 0 Å². The lowest BCUT2D eigenvalue weighted by molar-refractivity contribution is -0.120. The summed E-state index contributed by atoms with van der Waals surface area (Å²) in [4.78, 5) is 27.2. The minimum absolute atomic E-state index is 0.0505. The van der Waals surface area contributed by atoms with Crippen molar-refractivity contribution in [1.29, 1.82) is 5.26 Å². The van der Waals surface area contributed by atoms with Crippen LogP contribution in [-0.2, 0) is 22.4 Å². The number of nitrogens with zero attached hydrogens (tertiary/aromatic N) is 1. The Bertz CT molecular complexity index is 1230. The molecular formula is C23H17N3O2S2. The van der Waals surface area contributed by atoms with Crippen molar-refractivity contribution in [3.63, 3.8) is 0 Å². The molecule has 1 unspecified atom stereocenters. The van der Waals surface area contributed by atoms with E-state index in [1.54, 1.807) is 0 Å². The van der Waals surface area contributed by atoms with Crippen LogP contribution in [0.3, 0.4) is 0 Å². The van der Waals surface area contributed by atoms with Crippen LogP contribution in [0.25, 0.3) is 11.1 Å². The summed E-state index contributed by atoms with van der Waals surface area (Å²) in [6, 6.07) is 18.0. The Hall–Kier alpha value is -3.08. The summed E-state index contributed by atoms with van der Waals surface area (Å²) in [5.41, 5.74) is 4.54. The summed E-state index contributed by atoms with van der Waals surface area (Å²) in [7, 11) is 0. The van der Waals surface area contributed by atoms with Crippen LogP contribution in [0.4, 0.5) is 10.7 Å². The molecule has 0 fully saturated rings.